The number of piperidine rings is 1. The molecule has 0 aromatic rings. The lowest BCUT2D eigenvalue weighted by atomic mass is 10.0. The smallest absolute Gasteiger partial charge is 0.317 e. The van der Waals surface area contributed by atoms with Crippen molar-refractivity contribution in [3.05, 3.63) is 25.3 Å². The lowest BCUT2D eigenvalue weighted by Crippen LogP contribution is -2.49. The Labute approximate surface area is 139 Å². The zero-order valence-electron chi connectivity index (χ0n) is 14.1. The molecule has 6 nitrogen and oxygen atoms in total. The third-order valence-electron chi connectivity index (χ3n) is 4.23. The molecule has 0 unspecified atom stereocenters. The van der Waals surface area contributed by atoms with Crippen molar-refractivity contribution in [2.75, 3.05) is 45.8 Å². The van der Waals surface area contributed by atoms with Crippen molar-refractivity contribution in [2.24, 2.45) is 0 Å². The highest BCUT2D eigenvalue weighted by atomic mass is 16.4. The van der Waals surface area contributed by atoms with Gasteiger partial charge in [-0.1, -0.05) is 19.1 Å². The van der Waals surface area contributed by atoms with E-state index >= 15 is 0 Å². The maximum absolute atomic E-state index is 12.3. The van der Waals surface area contributed by atoms with Gasteiger partial charge in [-0.3, -0.25) is 19.4 Å². The van der Waals surface area contributed by atoms with E-state index in [1.807, 2.05) is 11.8 Å². The Morgan fingerprint density at radius 2 is 1.78 bits per heavy atom. The Hall–Kier alpha value is -1.66. The van der Waals surface area contributed by atoms with E-state index in [0.29, 0.717) is 25.7 Å². The van der Waals surface area contributed by atoms with Gasteiger partial charge < -0.3 is 10.0 Å². The second kappa shape index (κ2) is 10.2. The number of hydrogen-bond acceptors (Lipinski definition) is 4. The molecule has 130 valence electrons. The van der Waals surface area contributed by atoms with E-state index in [-0.39, 0.29) is 12.5 Å². The fourth-order valence-electron chi connectivity index (χ4n) is 3.00. The van der Waals surface area contributed by atoms with Crippen molar-refractivity contribution in [3.63, 3.8) is 0 Å². The molecule has 1 fully saturated rings. The molecule has 1 aliphatic rings. The van der Waals surface area contributed by atoms with Crippen LogP contribution in [0.15, 0.2) is 25.3 Å². The number of likely N-dealkylation sites (N-methyl/N-ethyl adjacent to an activating group) is 1. The molecule has 1 amide bonds. The van der Waals surface area contributed by atoms with Gasteiger partial charge in [-0.15, -0.1) is 13.2 Å². The van der Waals surface area contributed by atoms with Gasteiger partial charge in [0.2, 0.25) is 5.91 Å². The standard InChI is InChI=1S/C17H29N3O3/c1-4-9-20(10-5-2)16(21)13-18-11-7-15(8-12-18)19(6-3)14-17(22)23/h4-5,15H,1-2,6-14H2,3H3,(H,22,23). The predicted octanol–water partition coefficient (Wildman–Crippen LogP) is 1.06. The van der Waals surface area contributed by atoms with E-state index in [4.69, 9.17) is 5.11 Å². The molecule has 0 radical (unpaired) electrons. The Balaban J connectivity index is 2.46. The summed E-state index contributed by atoms with van der Waals surface area (Å²) in [6, 6.07) is 0.292. The van der Waals surface area contributed by atoms with Crippen molar-refractivity contribution in [2.45, 2.75) is 25.8 Å². The average molecular weight is 323 g/mol. The summed E-state index contributed by atoms with van der Waals surface area (Å²) in [5, 5.41) is 8.96. The Kier molecular flexibility index (Phi) is 8.58. The van der Waals surface area contributed by atoms with Crippen LogP contribution in [0.5, 0.6) is 0 Å². The first-order valence-corrected chi connectivity index (χ1v) is 8.19. The van der Waals surface area contributed by atoms with E-state index in [0.717, 1.165) is 32.5 Å². The zero-order valence-corrected chi connectivity index (χ0v) is 14.1. The topological polar surface area (TPSA) is 64.1 Å². The molecule has 0 atom stereocenters. The fourth-order valence-corrected chi connectivity index (χ4v) is 3.00. The van der Waals surface area contributed by atoms with Gasteiger partial charge in [-0.05, 0) is 19.4 Å². The molecule has 6 heteroatoms. The number of rotatable bonds is 10. The Morgan fingerprint density at radius 3 is 2.22 bits per heavy atom. The van der Waals surface area contributed by atoms with Crippen LogP contribution in [0.25, 0.3) is 0 Å². The van der Waals surface area contributed by atoms with Crippen LogP contribution in [0, 0.1) is 0 Å². The first-order valence-electron chi connectivity index (χ1n) is 8.19. The summed E-state index contributed by atoms with van der Waals surface area (Å²) in [6.45, 7) is 13.3. The van der Waals surface area contributed by atoms with Crippen molar-refractivity contribution in [1.29, 1.82) is 0 Å². The van der Waals surface area contributed by atoms with Crippen LogP contribution in [-0.4, -0.2) is 83.5 Å². The van der Waals surface area contributed by atoms with Crippen LogP contribution in [0.2, 0.25) is 0 Å². The third-order valence-corrected chi connectivity index (χ3v) is 4.23. The average Bonchev–Trinajstić information content (AvgIpc) is 2.53. The van der Waals surface area contributed by atoms with E-state index in [1.165, 1.54) is 0 Å². The third kappa shape index (κ3) is 6.54. The molecule has 1 N–H and O–H groups in total. The van der Waals surface area contributed by atoms with Gasteiger partial charge in [0.05, 0.1) is 13.1 Å². The lowest BCUT2D eigenvalue weighted by molar-refractivity contribution is -0.139. The van der Waals surface area contributed by atoms with E-state index in [9.17, 15) is 9.59 Å². The first-order chi connectivity index (χ1) is 11.0. The fraction of sp³-hybridized carbons (Fsp3) is 0.647. The largest absolute Gasteiger partial charge is 0.480 e. The predicted molar refractivity (Wildman–Crippen MR) is 91.3 cm³/mol. The minimum atomic E-state index is -0.783. The van der Waals surface area contributed by atoms with Crippen molar-refractivity contribution < 1.29 is 14.7 Å². The highest BCUT2D eigenvalue weighted by Gasteiger charge is 2.26. The number of amides is 1. The van der Waals surface area contributed by atoms with Crippen LogP contribution in [0.4, 0.5) is 0 Å². The van der Waals surface area contributed by atoms with E-state index in [1.54, 1.807) is 17.1 Å². The normalized spacial score (nSPS) is 16.3. The molecule has 0 bridgehead atoms. The summed E-state index contributed by atoms with van der Waals surface area (Å²) in [4.78, 5) is 29.1. The molecule has 1 heterocycles. The molecule has 0 saturated carbocycles. The zero-order chi connectivity index (χ0) is 17.2. The molecular weight excluding hydrogens is 294 g/mol. The van der Waals surface area contributed by atoms with Crippen LogP contribution in [0.3, 0.4) is 0 Å². The summed E-state index contributed by atoms with van der Waals surface area (Å²) in [6.07, 6.45) is 5.24. The van der Waals surface area contributed by atoms with Crippen molar-refractivity contribution in [1.82, 2.24) is 14.7 Å². The van der Waals surface area contributed by atoms with Crippen LogP contribution < -0.4 is 0 Å². The van der Waals surface area contributed by atoms with E-state index < -0.39 is 5.97 Å². The van der Waals surface area contributed by atoms with Gasteiger partial charge in [0.15, 0.2) is 0 Å². The van der Waals surface area contributed by atoms with Gasteiger partial charge in [0.25, 0.3) is 0 Å². The molecule has 0 spiro atoms. The van der Waals surface area contributed by atoms with Gasteiger partial charge in [0, 0.05) is 32.2 Å². The maximum atomic E-state index is 12.3. The highest BCUT2D eigenvalue weighted by Crippen LogP contribution is 2.16. The summed E-state index contributed by atoms with van der Waals surface area (Å²) in [5.41, 5.74) is 0. The minimum absolute atomic E-state index is 0.0844. The molecule has 0 aliphatic carbocycles. The Morgan fingerprint density at radius 1 is 1.22 bits per heavy atom. The summed E-state index contributed by atoms with van der Waals surface area (Å²) in [7, 11) is 0. The molecule has 0 aromatic carbocycles. The van der Waals surface area contributed by atoms with Crippen LogP contribution >= 0.6 is 0 Å². The van der Waals surface area contributed by atoms with Crippen LogP contribution in [0.1, 0.15) is 19.8 Å². The number of carbonyl (C=O) groups excluding carboxylic acids is 1. The van der Waals surface area contributed by atoms with Gasteiger partial charge >= 0.3 is 5.97 Å². The number of carboxylic acids is 1. The second-order valence-corrected chi connectivity index (χ2v) is 5.84. The maximum Gasteiger partial charge on any atom is 0.317 e. The number of likely N-dealkylation sites (tertiary alicyclic amines) is 1. The van der Waals surface area contributed by atoms with Gasteiger partial charge in [-0.25, -0.2) is 0 Å². The number of carbonyl (C=O) groups is 2. The van der Waals surface area contributed by atoms with Crippen molar-refractivity contribution >= 4 is 11.9 Å². The van der Waals surface area contributed by atoms with Crippen molar-refractivity contribution in [3.8, 4) is 0 Å². The molecule has 1 aliphatic heterocycles. The summed E-state index contributed by atoms with van der Waals surface area (Å²) < 4.78 is 0. The van der Waals surface area contributed by atoms with Gasteiger partial charge in [-0.2, -0.15) is 0 Å². The molecule has 1 saturated heterocycles. The summed E-state index contributed by atoms with van der Waals surface area (Å²) in [5.74, 6) is -0.699. The Bertz CT molecular complexity index is 407. The number of hydrogen-bond donors (Lipinski definition) is 1. The molecule has 23 heavy (non-hydrogen) atoms. The number of aliphatic carboxylic acids is 1. The molecule has 1 rings (SSSR count). The number of nitrogens with zero attached hydrogens (tertiary/aromatic N) is 3. The van der Waals surface area contributed by atoms with Crippen LogP contribution in [-0.2, 0) is 9.59 Å². The monoisotopic (exact) mass is 323 g/mol. The number of carboxylic acid groups (broad SMARTS) is 1. The van der Waals surface area contributed by atoms with E-state index in [2.05, 4.69) is 18.1 Å². The van der Waals surface area contributed by atoms with Gasteiger partial charge in [0.1, 0.15) is 0 Å². The summed E-state index contributed by atoms with van der Waals surface area (Å²) >= 11 is 0. The molecular formula is C17H29N3O3. The SMILES string of the molecule is C=CCN(CC=C)C(=O)CN1CCC(N(CC)CC(=O)O)CC1. The second-order valence-electron chi connectivity index (χ2n) is 5.84. The quantitative estimate of drug-likeness (QED) is 0.609. The minimum Gasteiger partial charge on any atom is -0.480 e. The lowest BCUT2D eigenvalue weighted by Gasteiger charge is -2.37. The molecule has 0 aromatic heterocycles. The highest BCUT2D eigenvalue weighted by molar-refractivity contribution is 5.78. The first kappa shape index (κ1) is 19.4.